The molecule has 0 fully saturated rings. The van der Waals surface area contributed by atoms with Crippen LogP contribution in [0.25, 0.3) is 22.9 Å². The summed E-state index contributed by atoms with van der Waals surface area (Å²) in [6.45, 7) is 1.81. The molecule has 0 aliphatic carbocycles. The van der Waals surface area contributed by atoms with Crippen LogP contribution in [0.5, 0.6) is 0 Å². The number of amides is 1. The molecule has 0 saturated carbocycles. The largest absolute Gasteiger partial charge is 0.445 e. The normalized spacial score (nSPS) is 12.7. The maximum Gasteiger partial charge on any atom is 0.253 e. The minimum Gasteiger partial charge on any atom is -0.445 e. The van der Waals surface area contributed by atoms with E-state index in [2.05, 4.69) is 20.2 Å². The molecule has 0 aliphatic heterocycles. The minimum absolute atomic E-state index is 0.0141. The first kappa shape index (κ1) is 25.0. The standard InChI is InChI=1S/C28H25FN6O3/c1-28(30,16-18-7-4-3-5-8-18)27-34-33-25(38-27)20-13-19(24-32-11-12-37-24)14-21(15-20)26(36)35(2)17-23-22(29)9-6-10-31-23/h3-15H,16-17,30H2,1-2H3. The van der Waals surface area contributed by atoms with Gasteiger partial charge in [0, 0.05) is 29.9 Å². The van der Waals surface area contributed by atoms with Crippen molar-refractivity contribution in [3.8, 4) is 22.9 Å². The summed E-state index contributed by atoms with van der Waals surface area (Å²) in [6, 6.07) is 17.6. The Hall–Kier alpha value is -4.70. The van der Waals surface area contributed by atoms with Crippen molar-refractivity contribution in [2.75, 3.05) is 7.05 Å². The Morgan fingerprint density at radius 1 is 1.00 bits per heavy atom. The molecule has 2 aromatic carbocycles. The lowest BCUT2D eigenvalue weighted by Gasteiger charge is -2.20. The molecule has 5 aromatic rings. The number of benzene rings is 2. The van der Waals surface area contributed by atoms with E-state index in [1.165, 1.54) is 35.7 Å². The van der Waals surface area contributed by atoms with Crippen LogP contribution >= 0.6 is 0 Å². The fourth-order valence-electron chi connectivity index (χ4n) is 4.08. The van der Waals surface area contributed by atoms with Gasteiger partial charge in [0.15, 0.2) is 0 Å². The number of hydrogen-bond donors (Lipinski definition) is 1. The topological polar surface area (TPSA) is 124 Å². The first-order valence-corrected chi connectivity index (χ1v) is 11.9. The van der Waals surface area contributed by atoms with E-state index in [1.807, 2.05) is 37.3 Å². The SMILES string of the molecule is CN(Cc1ncccc1F)C(=O)c1cc(-c2ncco2)cc(-c2nnc(C(C)(N)Cc3ccccc3)o2)c1. The number of pyridine rings is 1. The fraction of sp³-hybridized carbons (Fsp3) is 0.179. The molecule has 0 aliphatic rings. The van der Waals surface area contributed by atoms with E-state index in [9.17, 15) is 9.18 Å². The zero-order valence-corrected chi connectivity index (χ0v) is 20.8. The predicted octanol–water partition coefficient (Wildman–Crippen LogP) is 4.61. The summed E-state index contributed by atoms with van der Waals surface area (Å²) in [5.41, 5.74) is 8.14. The monoisotopic (exact) mass is 512 g/mol. The molecule has 10 heteroatoms. The Morgan fingerprint density at radius 3 is 2.47 bits per heavy atom. The summed E-state index contributed by atoms with van der Waals surface area (Å²) in [5.74, 6) is -0.0942. The molecule has 1 unspecified atom stereocenters. The molecule has 5 rings (SSSR count). The molecule has 3 heterocycles. The molecule has 1 amide bonds. The minimum atomic E-state index is -0.918. The molecule has 0 spiro atoms. The van der Waals surface area contributed by atoms with Gasteiger partial charge < -0.3 is 19.5 Å². The Bertz CT molecular complexity index is 1550. The molecule has 38 heavy (non-hydrogen) atoms. The second-order valence-electron chi connectivity index (χ2n) is 9.22. The van der Waals surface area contributed by atoms with E-state index in [4.69, 9.17) is 14.6 Å². The lowest BCUT2D eigenvalue weighted by Crippen LogP contribution is -2.35. The van der Waals surface area contributed by atoms with E-state index >= 15 is 0 Å². The summed E-state index contributed by atoms with van der Waals surface area (Å²) in [5, 5.41) is 8.41. The third kappa shape index (κ3) is 5.35. The molecule has 192 valence electrons. The van der Waals surface area contributed by atoms with Crippen molar-refractivity contribution in [1.29, 1.82) is 0 Å². The van der Waals surface area contributed by atoms with Gasteiger partial charge in [0.05, 0.1) is 24.0 Å². The number of carbonyl (C=O) groups excluding carboxylic acids is 1. The van der Waals surface area contributed by atoms with E-state index < -0.39 is 11.4 Å². The molecule has 1 atom stereocenters. The number of nitrogens with two attached hydrogens (primary N) is 1. The number of halogens is 1. The molecule has 3 aromatic heterocycles. The van der Waals surface area contributed by atoms with Crippen molar-refractivity contribution in [3.63, 3.8) is 0 Å². The predicted molar refractivity (Wildman–Crippen MR) is 137 cm³/mol. The number of nitrogens with zero attached hydrogens (tertiary/aromatic N) is 5. The van der Waals surface area contributed by atoms with Crippen molar-refractivity contribution < 1.29 is 18.0 Å². The number of hydrogen-bond acceptors (Lipinski definition) is 8. The smallest absolute Gasteiger partial charge is 0.253 e. The van der Waals surface area contributed by atoms with Crippen LogP contribution in [0.3, 0.4) is 0 Å². The first-order chi connectivity index (χ1) is 18.3. The van der Waals surface area contributed by atoms with Crippen LogP contribution in [0.4, 0.5) is 4.39 Å². The van der Waals surface area contributed by atoms with Crippen LogP contribution in [-0.2, 0) is 18.5 Å². The van der Waals surface area contributed by atoms with Gasteiger partial charge in [-0.2, -0.15) is 0 Å². The maximum absolute atomic E-state index is 14.1. The summed E-state index contributed by atoms with van der Waals surface area (Å²) >= 11 is 0. The summed E-state index contributed by atoms with van der Waals surface area (Å²) in [7, 11) is 1.57. The van der Waals surface area contributed by atoms with Gasteiger partial charge in [0.1, 0.15) is 12.1 Å². The van der Waals surface area contributed by atoms with Gasteiger partial charge >= 0.3 is 0 Å². The Labute approximate surface area is 218 Å². The molecular formula is C28H25FN6O3. The van der Waals surface area contributed by atoms with Crippen LogP contribution in [0.15, 0.2) is 88.2 Å². The second kappa shape index (κ2) is 10.3. The van der Waals surface area contributed by atoms with E-state index in [0.717, 1.165) is 5.56 Å². The van der Waals surface area contributed by atoms with Gasteiger partial charge in [0.25, 0.3) is 5.91 Å². The molecule has 2 N–H and O–H groups in total. The fourth-order valence-corrected chi connectivity index (χ4v) is 4.08. The average molecular weight is 513 g/mol. The second-order valence-corrected chi connectivity index (χ2v) is 9.22. The van der Waals surface area contributed by atoms with E-state index in [1.54, 1.807) is 25.2 Å². The lowest BCUT2D eigenvalue weighted by molar-refractivity contribution is 0.0782. The Kier molecular flexibility index (Phi) is 6.80. The van der Waals surface area contributed by atoms with Gasteiger partial charge in [0.2, 0.25) is 17.7 Å². The number of rotatable bonds is 8. The zero-order chi connectivity index (χ0) is 26.7. The Balaban J connectivity index is 1.47. The van der Waals surface area contributed by atoms with Crippen molar-refractivity contribution in [2.45, 2.75) is 25.4 Å². The summed E-state index contributed by atoms with van der Waals surface area (Å²) in [6.07, 6.45) is 4.92. The van der Waals surface area contributed by atoms with E-state index in [0.29, 0.717) is 29.0 Å². The number of carbonyl (C=O) groups is 1. The van der Waals surface area contributed by atoms with Gasteiger partial charge in [-0.25, -0.2) is 9.37 Å². The van der Waals surface area contributed by atoms with Gasteiger partial charge in [-0.3, -0.25) is 9.78 Å². The number of oxazole rings is 1. The Morgan fingerprint density at radius 2 is 1.76 bits per heavy atom. The highest BCUT2D eigenvalue weighted by molar-refractivity contribution is 5.96. The highest BCUT2D eigenvalue weighted by Gasteiger charge is 2.29. The molecular weight excluding hydrogens is 487 g/mol. The molecule has 0 bridgehead atoms. The average Bonchev–Trinajstić information content (AvgIpc) is 3.63. The lowest BCUT2D eigenvalue weighted by atomic mass is 9.94. The molecule has 9 nitrogen and oxygen atoms in total. The third-order valence-corrected chi connectivity index (χ3v) is 6.00. The van der Waals surface area contributed by atoms with Crippen molar-refractivity contribution in [1.82, 2.24) is 25.1 Å². The van der Waals surface area contributed by atoms with Gasteiger partial charge in [-0.1, -0.05) is 30.3 Å². The highest BCUT2D eigenvalue weighted by Crippen LogP contribution is 2.30. The summed E-state index contributed by atoms with van der Waals surface area (Å²) < 4.78 is 25.6. The van der Waals surface area contributed by atoms with Crippen LogP contribution in [-0.4, -0.2) is 38.0 Å². The van der Waals surface area contributed by atoms with Gasteiger partial charge in [-0.15, -0.1) is 10.2 Å². The van der Waals surface area contributed by atoms with Crippen molar-refractivity contribution >= 4 is 5.91 Å². The number of aromatic nitrogens is 4. The van der Waals surface area contributed by atoms with E-state index in [-0.39, 0.29) is 29.9 Å². The maximum atomic E-state index is 14.1. The van der Waals surface area contributed by atoms with Crippen molar-refractivity contribution in [3.05, 3.63) is 108 Å². The van der Waals surface area contributed by atoms with Crippen LogP contribution < -0.4 is 5.73 Å². The van der Waals surface area contributed by atoms with Crippen molar-refractivity contribution in [2.24, 2.45) is 5.73 Å². The quantitative estimate of drug-likeness (QED) is 0.320. The van der Waals surface area contributed by atoms with Crippen LogP contribution in [0, 0.1) is 5.82 Å². The highest BCUT2D eigenvalue weighted by atomic mass is 19.1. The summed E-state index contributed by atoms with van der Waals surface area (Å²) in [4.78, 5) is 23.0. The molecule has 0 saturated heterocycles. The van der Waals surface area contributed by atoms with Crippen LogP contribution in [0.1, 0.15) is 34.4 Å². The first-order valence-electron chi connectivity index (χ1n) is 11.9. The molecule has 0 radical (unpaired) electrons. The van der Waals surface area contributed by atoms with Gasteiger partial charge in [-0.05, 0) is 49.2 Å². The zero-order valence-electron chi connectivity index (χ0n) is 20.8. The van der Waals surface area contributed by atoms with Crippen LogP contribution in [0.2, 0.25) is 0 Å². The third-order valence-electron chi connectivity index (χ3n) is 6.00.